The summed E-state index contributed by atoms with van der Waals surface area (Å²) in [4.78, 5) is 5.29. The molecular weight excluding hydrogens is 234 g/mol. The van der Waals surface area contributed by atoms with Gasteiger partial charge in [-0.3, -0.25) is 10.8 Å². The molecule has 0 aliphatic heterocycles. The number of aryl methyl sites for hydroxylation is 1. The van der Waals surface area contributed by atoms with Crippen LogP contribution in [0.15, 0.2) is 29.9 Å². The number of hydrogen-bond donors (Lipinski definition) is 2. The molecule has 0 saturated heterocycles. The molecule has 0 bridgehead atoms. The number of methoxy groups -OCH3 is 1. The van der Waals surface area contributed by atoms with Gasteiger partial charge in [-0.1, -0.05) is 0 Å². The number of ether oxygens (including phenoxy) is 1. The third-order valence-corrected chi connectivity index (χ3v) is 3.59. The monoisotopic (exact) mass is 249 g/mol. The van der Waals surface area contributed by atoms with Crippen molar-refractivity contribution in [3.63, 3.8) is 0 Å². The Morgan fingerprint density at radius 2 is 2.24 bits per heavy atom. The summed E-state index contributed by atoms with van der Waals surface area (Å²) in [6.45, 7) is 2.08. The van der Waals surface area contributed by atoms with Crippen molar-refractivity contribution in [1.29, 1.82) is 0 Å². The Balaban J connectivity index is 2.46. The zero-order valence-electron chi connectivity index (χ0n) is 9.81. The first-order valence-electron chi connectivity index (χ1n) is 5.26. The highest BCUT2D eigenvalue weighted by Crippen LogP contribution is 2.32. The standard InChI is InChI=1S/C12H15N3OS/c1-8-9(4-6-17-8)12(15-13)10-3-5-14-7-11(10)16-2/h3-7,12,15H,13H2,1-2H3. The number of pyridine rings is 1. The van der Waals surface area contributed by atoms with Crippen LogP contribution in [0.1, 0.15) is 22.0 Å². The van der Waals surface area contributed by atoms with E-state index >= 15 is 0 Å². The van der Waals surface area contributed by atoms with Crippen molar-refractivity contribution in [1.82, 2.24) is 10.4 Å². The Morgan fingerprint density at radius 1 is 1.41 bits per heavy atom. The Labute approximate surface area is 104 Å². The van der Waals surface area contributed by atoms with E-state index in [1.165, 1.54) is 10.4 Å². The molecule has 5 heteroatoms. The topological polar surface area (TPSA) is 60.2 Å². The molecule has 0 aliphatic carbocycles. The van der Waals surface area contributed by atoms with Gasteiger partial charge in [0.25, 0.3) is 0 Å². The van der Waals surface area contributed by atoms with Crippen LogP contribution in [0, 0.1) is 6.92 Å². The molecule has 0 radical (unpaired) electrons. The molecule has 0 aliphatic rings. The molecule has 2 rings (SSSR count). The van der Waals surface area contributed by atoms with Gasteiger partial charge in [0.1, 0.15) is 5.75 Å². The van der Waals surface area contributed by atoms with E-state index in [1.54, 1.807) is 30.8 Å². The van der Waals surface area contributed by atoms with Gasteiger partial charge in [0, 0.05) is 16.6 Å². The van der Waals surface area contributed by atoms with Gasteiger partial charge in [0.05, 0.1) is 19.3 Å². The van der Waals surface area contributed by atoms with Gasteiger partial charge < -0.3 is 4.74 Å². The molecule has 0 aromatic carbocycles. The van der Waals surface area contributed by atoms with E-state index in [9.17, 15) is 0 Å². The van der Waals surface area contributed by atoms with Crippen molar-refractivity contribution < 1.29 is 4.74 Å². The summed E-state index contributed by atoms with van der Waals surface area (Å²) in [7, 11) is 1.63. The minimum absolute atomic E-state index is 0.0702. The highest BCUT2D eigenvalue weighted by molar-refractivity contribution is 7.10. The molecule has 2 aromatic heterocycles. The molecule has 1 atom stereocenters. The molecular formula is C12H15N3OS. The van der Waals surface area contributed by atoms with Crippen molar-refractivity contribution in [2.75, 3.05) is 7.11 Å². The van der Waals surface area contributed by atoms with E-state index in [0.717, 1.165) is 11.3 Å². The largest absolute Gasteiger partial charge is 0.495 e. The predicted molar refractivity (Wildman–Crippen MR) is 69.0 cm³/mol. The van der Waals surface area contributed by atoms with Crippen LogP contribution >= 0.6 is 11.3 Å². The average Bonchev–Trinajstić information content (AvgIpc) is 2.78. The van der Waals surface area contributed by atoms with E-state index in [0.29, 0.717) is 0 Å². The number of aromatic nitrogens is 1. The zero-order valence-corrected chi connectivity index (χ0v) is 10.6. The van der Waals surface area contributed by atoms with Gasteiger partial charge in [-0.15, -0.1) is 11.3 Å². The van der Waals surface area contributed by atoms with Gasteiger partial charge in [-0.2, -0.15) is 0 Å². The minimum Gasteiger partial charge on any atom is -0.495 e. The number of nitrogens with one attached hydrogen (secondary N) is 1. The maximum absolute atomic E-state index is 5.67. The van der Waals surface area contributed by atoms with Gasteiger partial charge in [0.2, 0.25) is 0 Å². The minimum atomic E-state index is -0.0702. The third kappa shape index (κ3) is 2.31. The smallest absolute Gasteiger partial charge is 0.142 e. The van der Waals surface area contributed by atoms with Crippen molar-refractivity contribution in [2.45, 2.75) is 13.0 Å². The number of nitrogens with two attached hydrogens (primary N) is 1. The highest BCUT2D eigenvalue weighted by Gasteiger charge is 2.19. The first-order chi connectivity index (χ1) is 8.27. The van der Waals surface area contributed by atoms with Gasteiger partial charge >= 0.3 is 0 Å². The summed E-state index contributed by atoms with van der Waals surface area (Å²) >= 11 is 1.70. The summed E-state index contributed by atoms with van der Waals surface area (Å²) in [5, 5.41) is 2.06. The van der Waals surface area contributed by atoms with E-state index in [-0.39, 0.29) is 6.04 Å². The molecule has 1 unspecified atom stereocenters. The van der Waals surface area contributed by atoms with E-state index in [2.05, 4.69) is 28.8 Å². The molecule has 2 heterocycles. The summed E-state index contributed by atoms with van der Waals surface area (Å²) in [6.07, 6.45) is 3.44. The second-order valence-corrected chi connectivity index (χ2v) is 4.77. The number of rotatable bonds is 4. The SMILES string of the molecule is COc1cnccc1C(NN)c1ccsc1C. The van der Waals surface area contributed by atoms with Crippen molar-refractivity contribution in [3.05, 3.63) is 45.9 Å². The first-order valence-corrected chi connectivity index (χ1v) is 6.14. The van der Waals surface area contributed by atoms with Crippen LogP contribution in [0.25, 0.3) is 0 Å². The van der Waals surface area contributed by atoms with Crippen LogP contribution in [0.3, 0.4) is 0 Å². The lowest BCUT2D eigenvalue weighted by Gasteiger charge is -2.18. The third-order valence-electron chi connectivity index (χ3n) is 2.72. The first kappa shape index (κ1) is 12.0. The Hall–Kier alpha value is -1.43. The van der Waals surface area contributed by atoms with Crippen LogP contribution in [0.4, 0.5) is 0 Å². The van der Waals surface area contributed by atoms with Crippen LogP contribution < -0.4 is 16.0 Å². The summed E-state index contributed by atoms with van der Waals surface area (Å²) < 4.78 is 5.31. The molecule has 2 aromatic rings. The molecule has 0 fully saturated rings. The number of hydrogen-bond acceptors (Lipinski definition) is 5. The maximum Gasteiger partial charge on any atom is 0.142 e. The maximum atomic E-state index is 5.67. The van der Waals surface area contributed by atoms with Gasteiger partial charge in [0.15, 0.2) is 0 Å². The number of nitrogens with zero attached hydrogens (tertiary/aromatic N) is 1. The normalized spacial score (nSPS) is 12.4. The van der Waals surface area contributed by atoms with Crippen LogP contribution in [-0.2, 0) is 0 Å². The lowest BCUT2D eigenvalue weighted by atomic mass is 10.0. The molecule has 4 nitrogen and oxygen atoms in total. The Bertz CT molecular complexity index is 498. The summed E-state index contributed by atoms with van der Waals surface area (Å²) in [6, 6.07) is 3.92. The van der Waals surface area contributed by atoms with E-state index < -0.39 is 0 Å². The molecule has 3 N–H and O–H groups in total. The molecule has 90 valence electrons. The van der Waals surface area contributed by atoms with Crippen molar-refractivity contribution in [2.24, 2.45) is 5.84 Å². The van der Waals surface area contributed by atoms with Gasteiger partial charge in [-0.05, 0) is 30.0 Å². The molecule has 0 spiro atoms. The fourth-order valence-corrected chi connectivity index (χ4v) is 2.58. The summed E-state index contributed by atoms with van der Waals surface area (Å²) in [5.74, 6) is 6.40. The lowest BCUT2D eigenvalue weighted by molar-refractivity contribution is 0.402. The lowest BCUT2D eigenvalue weighted by Crippen LogP contribution is -2.29. The van der Waals surface area contributed by atoms with Crippen LogP contribution in [0.5, 0.6) is 5.75 Å². The average molecular weight is 249 g/mol. The van der Waals surface area contributed by atoms with Crippen LogP contribution in [0.2, 0.25) is 0 Å². The van der Waals surface area contributed by atoms with Crippen molar-refractivity contribution >= 4 is 11.3 Å². The van der Waals surface area contributed by atoms with Gasteiger partial charge in [-0.25, -0.2) is 5.43 Å². The summed E-state index contributed by atoms with van der Waals surface area (Å²) in [5.41, 5.74) is 5.00. The fourth-order valence-electron chi connectivity index (χ4n) is 1.84. The second kappa shape index (κ2) is 5.27. The molecule has 17 heavy (non-hydrogen) atoms. The quantitative estimate of drug-likeness (QED) is 0.643. The Kier molecular flexibility index (Phi) is 3.73. The molecule has 0 amide bonds. The van der Waals surface area contributed by atoms with Crippen molar-refractivity contribution in [3.8, 4) is 5.75 Å². The van der Waals surface area contributed by atoms with E-state index in [1.807, 2.05) is 6.07 Å². The molecule has 0 saturated carbocycles. The van der Waals surface area contributed by atoms with E-state index in [4.69, 9.17) is 10.6 Å². The number of thiophene rings is 1. The Morgan fingerprint density at radius 3 is 2.82 bits per heavy atom. The fraction of sp³-hybridized carbons (Fsp3) is 0.250. The predicted octanol–water partition coefficient (Wildman–Crippen LogP) is 2.01. The number of hydrazine groups is 1. The highest BCUT2D eigenvalue weighted by atomic mass is 32.1. The zero-order chi connectivity index (χ0) is 12.3. The van der Waals surface area contributed by atoms with Crippen LogP contribution in [-0.4, -0.2) is 12.1 Å². The second-order valence-electron chi connectivity index (χ2n) is 3.65.